The van der Waals surface area contributed by atoms with E-state index in [1.165, 1.54) is 23.5 Å². The van der Waals surface area contributed by atoms with Crippen molar-refractivity contribution in [1.29, 1.82) is 0 Å². The van der Waals surface area contributed by atoms with Crippen LogP contribution in [-0.2, 0) is 17.6 Å². The molecule has 1 aromatic heterocycles. The molecule has 0 bridgehead atoms. The molecule has 0 unspecified atom stereocenters. The van der Waals surface area contributed by atoms with E-state index in [9.17, 15) is 4.79 Å². The highest BCUT2D eigenvalue weighted by atomic mass is 32.2. The second-order valence-electron chi connectivity index (χ2n) is 1.98. The molecule has 60 valence electrons. The molecule has 0 amide bonds. The minimum absolute atomic E-state index is 0.0671. The molecule has 1 heterocycles. The lowest BCUT2D eigenvalue weighted by atomic mass is 10.7. The van der Waals surface area contributed by atoms with Crippen LogP contribution in [0.4, 0.5) is 0 Å². The first-order valence-corrected chi connectivity index (χ1v) is 4.03. The van der Waals surface area contributed by atoms with Gasteiger partial charge in [-0.15, -0.1) is 10.2 Å². The summed E-state index contributed by atoms with van der Waals surface area (Å²) in [6.07, 6.45) is 0. The first kappa shape index (κ1) is 8.19. The molecule has 5 nitrogen and oxygen atoms in total. The molecule has 0 aliphatic heterocycles. The molecule has 0 saturated carbocycles. The van der Waals surface area contributed by atoms with Gasteiger partial charge in [0.05, 0.1) is 12.8 Å². The van der Waals surface area contributed by atoms with E-state index in [-0.39, 0.29) is 5.12 Å². The third-order valence-corrected chi connectivity index (χ3v) is 1.76. The van der Waals surface area contributed by atoms with Gasteiger partial charge in [-0.25, -0.2) is 0 Å². The lowest BCUT2D eigenvalue weighted by Crippen LogP contribution is -1.93. The van der Waals surface area contributed by atoms with Gasteiger partial charge in [-0.2, -0.15) is 4.80 Å². The molecule has 0 aliphatic rings. The van der Waals surface area contributed by atoms with Gasteiger partial charge in [0.2, 0.25) is 0 Å². The van der Waals surface area contributed by atoms with Crippen LogP contribution in [0.25, 0.3) is 0 Å². The summed E-state index contributed by atoms with van der Waals surface area (Å²) >= 11 is 1.18. The van der Waals surface area contributed by atoms with Crippen LogP contribution >= 0.6 is 11.8 Å². The van der Waals surface area contributed by atoms with E-state index < -0.39 is 0 Å². The molecule has 1 aromatic rings. The Morgan fingerprint density at radius 1 is 1.73 bits per heavy atom. The Balaban J connectivity index is 2.45. The van der Waals surface area contributed by atoms with Gasteiger partial charge in [-0.3, -0.25) is 4.79 Å². The van der Waals surface area contributed by atoms with Crippen LogP contribution in [0.2, 0.25) is 0 Å². The Morgan fingerprint density at radius 2 is 2.45 bits per heavy atom. The normalized spacial score (nSPS) is 10.0. The topological polar surface area (TPSA) is 60.7 Å². The van der Waals surface area contributed by atoms with Gasteiger partial charge in [-0.1, -0.05) is 11.8 Å². The van der Waals surface area contributed by atoms with Crippen molar-refractivity contribution in [3.63, 3.8) is 0 Å². The van der Waals surface area contributed by atoms with Crippen molar-refractivity contribution >= 4 is 16.9 Å². The highest BCUT2D eigenvalue weighted by Crippen LogP contribution is 2.06. The number of thioether (sulfide) groups is 1. The molecule has 0 N–H and O–H groups in total. The summed E-state index contributed by atoms with van der Waals surface area (Å²) in [5, 5.41) is 11.3. The fourth-order valence-electron chi connectivity index (χ4n) is 0.547. The molecule has 0 spiro atoms. The third kappa shape index (κ3) is 2.67. The van der Waals surface area contributed by atoms with Crippen LogP contribution in [0.3, 0.4) is 0 Å². The fourth-order valence-corrected chi connectivity index (χ4v) is 0.995. The largest absolute Gasteiger partial charge is 0.288 e. The van der Waals surface area contributed by atoms with E-state index in [4.69, 9.17) is 0 Å². The van der Waals surface area contributed by atoms with Gasteiger partial charge in [0.15, 0.2) is 10.9 Å². The summed E-state index contributed by atoms with van der Waals surface area (Å²) in [7, 11) is 1.69. The average Bonchev–Trinajstić information content (AvgIpc) is 2.31. The summed E-state index contributed by atoms with van der Waals surface area (Å²) in [4.78, 5) is 11.9. The van der Waals surface area contributed by atoms with Crippen LogP contribution in [0, 0.1) is 0 Å². The first-order valence-electron chi connectivity index (χ1n) is 3.04. The molecular weight excluding hydrogens is 164 g/mol. The molecule has 0 radical (unpaired) electrons. The van der Waals surface area contributed by atoms with Gasteiger partial charge in [0, 0.05) is 6.92 Å². The van der Waals surface area contributed by atoms with Crippen molar-refractivity contribution in [3.05, 3.63) is 5.82 Å². The third-order valence-electron chi connectivity index (χ3n) is 0.954. The van der Waals surface area contributed by atoms with Crippen molar-refractivity contribution in [2.24, 2.45) is 7.05 Å². The number of hydrogen-bond donors (Lipinski definition) is 0. The van der Waals surface area contributed by atoms with E-state index in [1.807, 2.05) is 0 Å². The minimum Gasteiger partial charge on any atom is -0.288 e. The fraction of sp³-hybridized carbons (Fsp3) is 0.600. The van der Waals surface area contributed by atoms with Crippen LogP contribution in [0.5, 0.6) is 0 Å². The van der Waals surface area contributed by atoms with Crippen molar-refractivity contribution in [2.75, 3.05) is 0 Å². The number of hydrogen-bond acceptors (Lipinski definition) is 5. The van der Waals surface area contributed by atoms with Gasteiger partial charge in [-0.05, 0) is 5.21 Å². The van der Waals surface area contributed by atoms with E-state index in [0.29, 0.717) is 11.6 Å². The Bertz CT molecular complexity index is 259. The monoisotopic (exact) mass is 172 g/mol. The van der Waals surface area contributed by atoms with Crippen LogP contribution in [0.15, 0.2) is 0 Å². The summed E-state index contributed by atoms with van der Waals surface area (Å²) in [6, 6.07) is 0. The number of tetrazole rings is 1. The number of carbonyl (C=O) groups is 1. The Morgan fingerprint density at radius 3 is 2.91 bits per heavy atom. The Kier molecular flexibility index (Phi) is 2.58. The molecule has 0 fully saturated rings. The van der Waals surface area contributed by atoms with Crippen molar-refractivity contribution in [2.45, 2.75) is 12.7 Å². The number of aromatic nitrogens is 4. The zero-order valence-electron chi connectivity index (χ0n) is 6.31. The molecule has 0 atom stereocenters. The summed E-state index contributed by atoms with van der Waals surface area (Å²) in [6.45, 7) is 1.51. The zero-order valence-corrected chi connectivity index (χ0v) is 7.13. The molecule has 0 saturated heterocycles. The first-order chi connectivity index (χ1) is 5.18. The van der Waals surface area contributed by atoms with Crippen LogP contribution in [-0.4, -0.2) is 25.3 Å². The maximum absolute atomic E-state index is 10.5. The quantitative estimate of drug-likeness (QED) is 0.628. The summed E-state index contributed by atoms with van der Waals surface area (Å²) in [5.74, 6) is 1.09. The summed E-state index contributed by atoms with van der Waals surface area (Å²) in [5.41, 5.74) is 0. The predicted octanol–water partition coefficient (Wildman–Crippen LogP) is -0.0102. The highest BCUT2D eigenvalue weighted by Gasteiger charge is 2.01. The van der Waals surface area contributed by atoms with Crippen molar-refractivity contribution in [3.8, 4) is 0 Å². The van der Waals surface area contributed by atoms with E-state index in [1.54, 1.807) is 7.05 Å². The second kappa shape index (κ2) is 3.47. The van der Waals surface area contributed by atoms with Gasteiger partial charge >= 0.3 is 0 Å². The maximum atomic E-state index is 10.5. The zero-order chi connectivity index (χ0) is 8.27. The minimum atomic E-state index is 0.0671. The maximum Gasteiger partial charge on any atom is 0.186 e. The van der Waals surface area contributed by atoms with Crippen LogP contribution in [0.1, 0.15) is 12.7 Å². The lowest BCUT2D eigenvalue weighted by molar-refractivity contribution is -0.109. The van der Waals surface area contributed by atoms with Crippen molar-refractivity contribution in [1.82, 2.24) is 20.2 Å². The number of nitrogens with zero attached hydrogens (tertiary/aromatic N) is 4. The predicted molar refractivity (Wildman–Crippen MR) is 40.8 cm³/mol. The van der Waals surface area contributed by atoms with E-state index >= 15 is 0 Å². The lowest BCUT2D eigenvalue weighted by Gasteiger charge is -1.87. The number of aryl methyl sites for hydroxylation is 1. The summed E-state index contributed by atoms with van der Waals surface area (Å²) < 4.78 is 0. The molecule has 1 rings (SSSR count). The molecule has 6 heteroatoms. The van der Waals surface area contributed by atoms with Gasteiger partial charge in [0.25, 0.3) is 0 Å². The van der Waals surface area contributed by atoms with Gasteiger partial charge < -0.3 is 0 Å². The SMILES string of the molecule is CC(=O)SCc1nnn(C)n1. The standard InChI is InChI=1S/C5H8N4OS/c1-4(10)11-3-5-6-8-9(2)7-5/h3H2,1-2H3. The van der Waals surface area contributed by atoms with E-state index in [2.05, 4.69) is 15.4 Å². The Labute approximate surface area is 68.2 Å². The van der Waals surface area contributed by atoms with Gasteiger partial charge in [0.1, 0.15) is 0 Å². The Hall–Kier alpha value is -0.910. The molecule has 0 aromatic carbocycles. The van der Waals surface area contributed by atoms with Crippen LogP contribution < -0.4 is 0 Å². The molecule has 0 aliphatic carbocycles. The number of rotatable bonds is 2. The smallest absolute Gasteiger partial charge is 0.186 e. The van der Waals surface area contributed by atoms with E-state index in [0.717, 1.165) is 0 Å². The number of carbonyl (C=O) groups excluding carboxylic acids is 1. The second-order valence-corrected chi connectivity index (χ2v) is 3.13. The highest BCUT2D eigenvalue weighted by molar-refractivity contribution is 8.12. The average molecular weight is 172 g/mol. The molecule has 11 heavy (non-hydrogen) atoms. The van der Waals surface area contributed by atoms with Crippen molar-refractivity contribution < 1.29 is 4.79 Å². The molecular formula is C5H8N4OS.